The molecule has 0 atom stereocenters. The normalized spacial score (nSPS) is 13.0. The summed E-state index contributed by atoms with van der Waals surface area (Å²) in [6, 6.07) is 57.1. The van der Waals surface area contributed by atoms with E-state index in [1.807, 2.05) is 24.3 Å². The Morgan fingerprint density at radius 1 is 0.377 bits per heavy atom. The highest BCUT2D eigenvalue weighted by Gasteiger charge is 2.20. The molecule has 0 N–H and O–H groups in total. The number of para-hydroxylation sites is 1. The highest BCUT2D eigenvalue weighted by molar-refractivity contribution is 6.15. The number of hydrogen-bond donors (Lipinski definition) is 0. The monoisotopic (exact) mass is 679 g/mol. The summed E-state index contributed by atoms with van der Waals surface area (Å²) in [5.41, 5.74) is 11.9. The lowest BCUT2D eigenvalue weighted by atomic mass is 9.92. The number of furan rings is 1. The molecule has 0 fully saturated rings. The van der Waals surface area contributed by atoms with Crippen LogP contribution in [0.1, 0.15) is 24.2 Å². The first kappa shape index (κ1) is 30.9. The van der Waals surface area contributed by atoms with Crippen molar-refractivity contribution in [1.82, 2.24) is 15.0 Å². The standard InChI is InChI=1S/C49H33N3O/c1-3-12-32(13-4-1)34-22-26-36(27-23-34)47-50-48(37-28-24-35(25-29-37)33-14-5-2-6-15-33)52-49(51-47)39-30-38-16-7-8-17-40(38)43(31-39)41-19-11-21-45-46(41)42-18-9-10-20-44(42)53-45/h1-24,26-28,30-31H,25,29H2. The summed E-state index contributed by atoms with van der Waals surface area (Å²) in [4.78, 5) is 15.5. The van der Waals surface area contributed by atoms with Crippen molar-refractivity contribution < 1.29 is 4.42 Å². The zero-order valence-corrected chi connectivity index (χ0v) is 28.9. The molecule has 4 nitrogen and oxygen atoms in total. The fraction of sp³-hybridized carbons (Fsp3) is 0.0408. The van der Waals surface area contributed by atoms with Gasteiger partial charge in [0.2, 0.25) is 0 Å². The fourth-order valence-corrected chi connectivity index (χ4v) is 7.60. The van der Waals surface area contributed by atoms with Crippen molar-refractivity contribution in [2.45, 2.75) is 12.8 Å². The summed E-state index contributed by atoms with van der Waals surface area (Å²) < 4.78 is 6.32. The molecule has 0 saturated heterocycles. The second-order valence-corrected chi connectivity index (χ2v) is 13.5. The Labute approximate surface area is 307 Å². The maximum atomic E-state index is 6.32. The van der Waals surface area contributed by atoms with E-state index in [1.165, 1.54) is 16.7 Å². The summed E-state index contributed by atoms with van der Waals surface area (Å²) in [5, 5.41) is 4.49. The predicted octanol–water partition coefficient (Wildman–Crippen LogP) is 12.9. The summed E-state index contributed by atoms with van der Waals surface area (Å²) in [7, 11) is 0. The first-order valence-electron chi connectivity index (χ1n) is 18.1. The van der Waals surface area contributed by atoms with E-state index in [1.54, 1.807) is 0 Å². The Morgan fingerprint density at radius 3 is 1.74 bits per heavy atom. The van der Waals surface area contributed by atoms with Crippen molar-refractivity contribution in [2.24, 2.45) is 0 Å². The quantitative estimate of drug-likeness (QED) is 0.175. The van der Waals surface area contributed by atoms with E-state index in [0.29, 0.717) is 17.5 Å². The number of nitrogens with zero attached hydrogens (tertiary/aromatic N) is 3. The molecule has 4 heteroatoms. The minimum Gasteiger partial charge on any atom is -0.456 e. The summed E-state index contributed by atoms with van der Waals surface area (Å²) in [6.07, 6.45) is 6.16. The van der Waals surface area contributed by atoms with Crippen LogP contribution < -0.4 is 0 Å². The molecule has 53 heavy (non-hydrogen) atoms. The molecule has 1 aliphatic carbocycles. The molecule has 2 heterocycles. The lowest BCUT2D eigenvalue weighted by Gasteiger charge is -2.16. The SMILES string of the molecule is C1=C(c2ccccc2)CCC(c2nc(-c3ccc(-c4ccccc4)cc3)nc(-c3cc(-c4cccc5oc6ccccc6c45)c4ccccc4c3)n2)=C1. The molecule has 0 aliphatic heterocycles. The van der Waals surface area contributed by atoms with E-state index >= 15 is 0 Å². The van der Waals surface area contributed by atoms with Crippen molar-refractivity contribution in [3.05, 3.63) is 187 Å². The van der Waals surface area contributed by atoms with E-state index in [4.69, 9.17) is 19.4 Å². The maximum absolute atomic E-state index is 6.32. The number of allylic oxidation sites excluding steroid dienone is 4. The number of hydrogen-bond acceptors (Lipinski definition) is 4. The van der Waals surface area contributed by atoms with E-state index in [0.717, 1.165) is 78.9 Å². The van der Waals surface area contributed by atoms with Gasteiger partial charge in [-0.05, 0) is 86.8 Å². The van der Waals surface area contributed by atoms with Gasteiger partial charge in [0, 0.05) is 21.9 Å². The average Bonchev–Trinajstić information content (AvgIpc) is 3.63. The van der Waals surface area contributed by atoms with Crippen molar-refractivity contribution in [3.8, 4) is 45.0 Å². The molecular weight excluding hydrogens is 647 g/mol. The topological polar surface area (TPSA) is 51.8 Å². The van der Waals surface area contributed by atoms with Gasteiger partial charge in [0.15, 0.2) is 17.5 Å². The van der Waals surface area contributed by atoms with Gasteiger partial charge in [0.25, 0.3) is 0 Å². The van der Waals surface area contributed by atoms with E-state index in [9.17, 15) is 0 Å². The van der Waals surface area contributed by atoms with Crippen LogP contribution in [-0.2, 0) is 0 Å². The zero-order chi connectivity index (χ0) is 35.1. The molecule has 10 rings (SSSR count). The third-order valence-corrected chi connectivity index (χ3v) is 10.3. The molecule has 0 unspecified atom stereocenters. The van der Waals surface area contributed by atoms with Gasteiger partial charge in [-0.3, -0.25) is 0 Å². The largest absolute Gasteiger partial charge is 0.456 e. The molecular formula is C49H33N3O. The van der Waals surface area contributed by atoms with Gasteiger partial charge in [-0.1, -0.05) is 152 Å². The minimum absolute atomic E-state index is 0.645. The van der Waals surface area contributed by atoms with Crippen LogP contribution in [-0.4, -0.2) is 15.0 Å². The van der Waals surface area contributed by atoms with Crippen LogP contribution >= 0.6 is 0 Å². The Morgan fingerprint density at radius 2 is 0.962 bits per heavy atom. The Kier molecular flexibility index (Phi) is 7.58. The van der Waals surface area contributed by atoms with E-state index < -0.39 is 0 Å². The van der Waals surface area contributed by atoms with Crippen LogP contribution in [0, 0.1) is 0 Å². The lowest BCUT2D eigenvalue weighted by Crippen LogP contribution is -2.04. The van der Waals surface area contributed by atoms with Crippen molar-refractivity contribution in [1.29, 1.82) is 0 Å². The highest BCUT2D eigenvalue weighted by atomic mass is 16.3. The first-order chi connectivity index (χ1) is 26.2. The van der Waals surface area contributed by atoms with Gasteiger partial charge >= 0.3 is 0 Å². The molecule has 7 aromatic carbocycles. The van der Waals surface area contributed by atoms with Crippen LogP contribution in [0.15, 0.2) is 180 Å². The number of benzene rings is 7. The molecule has 0 bridgehead atoms. The summed E-state index contributed by atoms with van der Waals surface area (Å²) >= 11 is 0. The van der Waals surface area contributed by atoms with Crippen LogP contribution in [0.5, 0.6) is 0 Å². The molecule has 2 aromatic heterocycles. The summed E-state index contributed by atoms with van der Waals surface area (Å²) in [5.74, 6) is 2.01. The predicted molar refractivity (Wildman–Crippen MR) is 218 cm³/mol. The molecule has 1 aliphatic rings. The zero-order valence-electron chi connectivity index (χ0n) is 28.9. The number of aromatic nitrogens is 3. The smallest absolute Gasteiger partial charge is 0.164 e. The van der Waals surface area contributed by atoms with Gasteiger partial charge < -0.3 is 4.42 Å². The lowest BCUT2D eigenvalue weighted by molar-refractivity contribution is 0.669. The summed E-state index contributed by atoms with van der Waals surface area (Å²) in [6.45, 7) is 0. The van der Waals surface area contributed by atoms with E-state index in [2.05, 4.69) is 152 Å². The van der Waals surface area contributed by atoms with Crippen LogP contribution in [0.4, 0.5) is 0 Å². The van der Waals surface area contributed by atoms with Gasteiger partial charge in [-0.2, -0.15) is 0 Å². The molecule has 9 aromatic rings. The van der Waals surface area contributed by atoms with Gasteiger partial charge in [-0.25, -0.2) is 15.0 Å². The highest BCUT2D eigenvalue weighted by Crippen LogP contribution is 2.41. The first-order valence-corrected chi connectivity index (χ1v) is 18.1. The van der Waals surface area contributed by atoms with E-state index in [-0.39, 0.29) is 0 Å². The second-order valence-electron chi connectivity index (χ2n) is 13.5. The Bertz CT molecular complexity index is 2870. The van der Waals surface area contributed by atoms with Crippen molar-refractivity contribution in [2.75, 3.05) is 0 Å². The molecule has 0 amide bonds. The molecule has 250 valence electrons. The average molecular weight is 680 g/mol. The van der Waals surface area contributed by atoms with Crippen molar-refractivity contribution in [3.63, 3.8) is 0 Å². The number of rotatable bonds is 6. The molecule has 0 radical (unpaired) electrons. The minimum atomic E-state index is 0.645. The van der Waals surface area contributed by atoms with Gasteiger partial charge in [0.1, 0.15) is 11.2 Å². The van der Waals surface area contributed by atoms with Crippen LogP contribution in [0.25, 0.3) is 88.9 Å². The maximum Gasteiger partial charge on any atom is 0.164 e. The molecule has 0 saturated carbocycles. The third kappa shape index (κ3) is 5.71. The third-order valence-electron chi connectivity index (χ3n) is 10.3. The van der Waals surface area contributed by atoms with Gasteiger partial charge in [-0.15, -0.1) is 0 Å². The van der Waals surface area contributed by atoms with Crippen LogP contribution in [0.2, 0.25) is 0 Å². The Balaban J connectivity index is 1.15. The number of fused-ring (bicyclic) bond motifs is 4. The Hall–Kier alpha value is -6.91. The van der Waals surface area contributed by atoms with Crippen LogP contribution in [0.3, 0.4) is 0 Å². The fourth-order valence-electron chi connectivity index (χ4n) is 7.60. The second kappa shape index (κ2) is 13.0. The molecule has 0 spiro atoms. The van der Waals surface area contributed by atoms with Gasteiger partial charge in [0.05, 0.1) is 0 Å². The van der Waals surface area contributed by atoms with Crippen molar-refractivity contribution >= 4 is 43.9 Å².